The van der Waals surface area contributed by atoms with Crippen molar-refractivity contribution in [2.75, 3.05) is 19.7 Å². The second-order valence-electron chi connectivity index (χ2n) is 8.88. The largest absolute Gasteiger partial charge is 0.481 e. The van der Waals surface area contributed by atoms with E-state index in [1.54, 1.807) is 0 Å². The van der Waals surface area contributed by atoms with Crippen LogP contribution in [-0.2, 0) is 14.3 Å². The summed E-state index contributed by atoms with van der Waals surface area (Å²) in [6.45, 7) is 2.68. The third-order valence-electron chi connectivity index (χ3n) is 6.62. The Bertz CT molecular complexity index is 991. The van der Waals surface area contributed by atoms with Crippen LogP contribution in [0.5, 0.6) is 0 Å². The number of fused-ring (bicyclic) bond motifs is 3. The Kier molecular flexibility index (Phi) is 6.96. The van der Waals surface area contributed by atoms with Crippen LogP contribution in [0.3, 0.4) is 0 Å². The van der Waals surface area contributed by atoms with Crippen LogP contribution in [0.25, 0.3) is 11.1 Å². The molecule has 7 nitrogen and oxygen atoms in total. The number of aliphatic carboxylic acids is 1. The highest BCUT2D eigenvalue weighted by Gasteiger charge is 2.43. The van der Waals surface area contributed by atoms with Gasteiger partial charge in [-0.1, -0.05) is 61.9 Å². The lowest BCUT2D eigenvalue weighted by atomic mass is 9.98. The molecule has 2 aliphatic rings. The summed E-state index contributed by atoms with van der Waals surface area (Å²) in [5.74, 6) is -1.71. The monoisotopic (exact) mass is 450 g/mol. The predicted octanol–water partition coefficient (Wildman–Crippen LogP) is 3.78. The molecule has 3 N–H and O–H groups in total. The maximum atomic E-state index is 12.3. The van der Waals surface area contributed by atoms with Gasteiger partial charge in [0.1, 0.15) is 6.61 Å². The van der Waals surface area contributed by atoms with Crippen LogP contribution in [0.1, 0.15) is 43.2 Å². The Morgan fingerprint density at radius 3 is 2.27 bits per heavy atom. The molecule has 1 fully saturated rings. The molecule has 0 spiro atoms. The van der Waals surface area contributed by atoms with Gasteiger partial charge in [-0.05, 0) is 41.0 Å². The fourth-order valence-corrected chi connectivity index (χ4v) is 4.67. The van der Waals surface area contributed by atoms with Gasteiger partial charge < -0.3 is 20.5 Å². The van der Waals surface area contributed by atoms with Gasteiger partial charge in [0.25, 0.3) is 0 Å². The number of rotatable bonds is 10. The van der Waals surface area contributed by atoms with Crippen molar-refractivity contribution < 1.29 is 24.2 Å². The number of ether oxygens (including phenoxy) is 1. The van der Waals surface area contributed by atoms with E-state index in [0.717, 1.165) is 17.5 Å². The van der Waals surface area contributed by atoms with E-state index in [4.69, 9.17) is 4.74 Å². The van der Waals surface area contributed by atoms with Crippen LogP contribution in [0.2, 0.25) is 0 Å². The first-order chi connectivity index (χ1) is 16.0. The van der Waals surface area contributed by atoms with Gasteiger partial charge in [0.05, 0.1) is 5.92 Å². The van der Waals surface area contributed by atoms with Gasteiger partial charge in [0, 0.05) is 24.9 Å². The molecule has 2 aromatic carbocycles. The standard InChI is InChI=1S/C26H30N2O5/c1-2-7-16(25(30)31)13-27-24(29)22-12-17(22)14-28-26(32)33-15-23-20-10-5-3-8-18(20)19-9-4-6-11-21(19)23/h3-6,8-11,16-17,22-23H,2,7,12-15H2,1H3,(H,27,29)(H,28,32)(H,30,31)/t16?,17-,22-/m1/s1. The Morgan fingerprint density at radius 1 is 1.03 bits per heavy atom. The third kappa shape index (κ3) is 5.18. The Morgan fingerprint density at radius 2 is 1.67 bits per heavy atom. The highest BCUT2D eigenvalue weighted by molar-refractivity contribution is 5.82. The first kappa shape index (κ1) is 22.8. The van der Waals surface area contributed by atoms with E-state index in [0.29, 0.717) is 19.4 Å². The second-order valence-corrected chi connectivity index (χ2v) is 8.88. The number of amides is 2. The smallest absolute Gasteiger partial charge is 0.407 e. The summed E-state index contributed by atoms with van der Waals surface area (Å²) in [4.78, 5) is 35.8. The first-order valence-corrected chi connectivity index (χ1v) is 11.6. The van der Waals surface area contributed by atoms with E-state index in [1.165, 1.54) is 11.1 Å². The number of hydrogen-bond donors (Lipinski definition) is 3. The summed E-state index contributed by atoms with van der Waals surface area (Å²) in [6.07, 6.45) is 1.48. The maximum absolute atomic E-state index is 12.3. The van der Waals surface area contributed by atoms with Crippen LogP contribution in [0.15, 0.2) is 48.5 Å². The zero-order chi connectivity index (χ0) is 23.4. The number of benzene rings is 2. The van der Waals surface area contributed by atoms with Crippen LogP contribution < -0.4 is 10.6 Å². The van der Waals surface area contributed by atoms with Crippen molar-refractivity contribution in [1.82, 2.24) is 10.6 Å². The molecule has 4 rings (SSSR count). The zero-order valence-corrected chi connectivity index (χ0v) is 18.8. The maximum Gasteiger partial charge on any atom is 0.407 e. The molecule has 0 heterocycles. The summed E-state index contributed by atoms with van der Waals surface area (Å²) in [5.41, 5.74) is 4.68. The molecule has 2 aromatic rings. The van der Waals surface area contributed by atoms with Crippen LogP contribution in [0.4, 0.5) is 4.79 Å². The molecular formula is C26H30N2O5. The quantitative estimate of drug-likeness (QED) is 0.511. The van der Waals surface area contributed by atoms with Crippen LogP contribution >= 0.6 is 0 Å². The molecular weight excluding hydrogens is 420 g/mol. The number of carbonyl (C=O) groups is 3. The SMILES string of the molecule is CCCC(CNC(=O)[C@@H]1C[C@@H]1CNC(=O)OCC1c2ccccc2-c2ccccc21)C(=O)O. The average Bonchev–Trinajstić information content (AvgIpc) is 3.54. The topological polar surface area (TPSA) is 105 Å². The van der Waals surface area contributed by atoms with E-state index in [9.17, 15) is 19.5 Å². The molecule has 2 aliphatic carbocycles. The van der Waals surface area contributed by atoms with Crippen molar-refractivity contribution in [2.24, 2.45) is 17.8 Å². The van der Waals surface area contributed by atoms with Gasteiger partial charge in [0.2, 0.25) is 5.91 Å². The Labute approximate surface area is 193 Å². The number of hydrogen-bond acceptors (Lipinski definition) is 4. The van der Waals surface area contributed by atoms with Crippen molar-refractivity contribution in [1.29, 1.82) is 0 Å². The summed E-state index contributed by atoms with van der Waals surface area (Å²) >= 11 is 0. The average molecular weight is 451 g/mol. The van der Waals surface area contributed by atoms with E-state index in [2.05, 4.69) is 34.9 Å². The van der Waals surface area contributed by atoms with Gasteiger partial charge in [-0.25, -0.2) is 4.79 Å². The molecule has 0 saturated heterocycles. The molecule has 1 saturated carbocycles. The van der Waals surface area contributed by atoms with E-state index < -0.39 is 18.0 Å². The molecule has 0 aromatic heterocycles. The fraction of sp³-hybridized carbons (Fsp3) is 0.423. The predicted molar refractivity (Wildman–Crippen MR) is 124 cm³/mol. The van der Waals surface area contributed by atoms with Crippen molar-refractivity contribution >= 4 is 18.0 Å². The zero-order valence-electron chi connectivity index (χ0n) is 18.8. The summed E-state index contributed by atoms with van der Waals surface area (Å²) in [7, 11) is 0. The lowest BCUT2D eigenvalue weighted by Gasteiger charge is -2.14. The fourth-order valence-electron chi connectivity index (χ4n) is 4.67. The van der Waals surface area contributed by atoms with Crippen molar-refractivity contribution in [3.05, 3.63) is 59.7 Å². The minimum Gasteiger partial charge on any atom is -0.481 e. The molecule has 1 unspecified atom stereocenters. The van der Waals surface area contributed by atoms with Gasteiger partial charge in [-0.2, -0.15) is 0 Å². The van der Waals surface area contributed by atoms with Crippen LogP contribution in [-0.4, -0.2) is 42.8 Å². The highest BCUT2D eigenvalue weighted by Crippen LogP contribution is 2.44. The van der Waals surface area contributed by atoms with Gasteiger partial charge in [-0.3, -0.25) is 9.59 Å². The van der Waals surface area contributed by atoms with Crippen molar-refractivity contribution in [3.8, 4) is 11.1 Å². The molecule has 3 atom stereocenters. The van der Waals surface area contributed by atoms with Gasteiger partial charge in [0.15, 0.2) is 0 Å². The minimum atomic E-state index is -0.888. The number of carbonyl (C=O) groups excluding carboxylic acids is 2. The molecule has 2 amide bonds. The van der Waals surface area contributed by atoms with Crippen molar-refractivity contribution in [3.63, 3.8) is 0 Å². The normalized spacial score (nSPS) is 19.2. The summed E-state index contributed by atoms with van der Waals surface area (Å²) in [6, 6.07) is 16.3. The molecule has 0 aliphatic heterocycles. The lowest BCUT2D eigenvalue weighted by Crippen LogP contribution is -2.35. The number of carboxylic acids is 1. The summed E-state index contributed by atoms with van der Waals surface area (Å²) in [5, 5.41) is 14.7. The lowest BCUT2D eigenvalue weighted by molar-refractivity contribution is -0.142. The molecule has 0 bridgehead atoms. The minimum absolute atomic E-state index is 0.00732. The molecule has 7 heteroatoms. The van der Waals surface area contributed by atoms with Crippen LogP contribution in [0, 0.1) is 17.8 Å². The van der Waals surface area contributed by atoms with E-state index >= 15 is 0 Å². The molecule has 174 valence electrons. The third-order valence-corrected chi connectivity index (χ3v) is 6.62. The van der Waals surface area contributed by atoms with Crippen molar-refractivity contribution in [2.45, 2.75) is 32.1 Å². The van der Waals surface area contributed by atoms with E-state index in [-0.39, 0.29) is 36.8 Å². The molecule has 33 heavy (non-hydrogen) atoms. The summed E-state index contributed by atoms with van der Waals surface area (Å²) < 4.78 is 5.53. The number of carboxylic acid groups (broad SMARTS) is 1. The highest BCUT2D eigenvalue weighted by atomic mass is 16.5. The number of alkyl carbamates (subject to hydrolysis) is 1. The number of nitrogens with one attached hydrogen (secondary N) is 2. The van der Waals surface area contributed by atoms with Gasteiger partial charge in [-0.15, -0.1) is 0 Å². The Hall–Kier alpha value is -3.35. The first-order valence-electron chi connectivity index (χ1n) is 11.6. The van der Waals surface area contributed by atoms with E-state index in [1.807, 2.05) is 31.2 Å². The van der Waals surface area contributed by atoms with Gasteiger partial charge >= 0.3 is 12.1 Å². The second kappa shape index (κ2) is 10.1. The Balaban J connectivity index is 1.21. The molecule has 0 radical (unpaired) electrons.